The standard InChI is InChI=1S/C22H23N3O2/c1-15-8-9-20-18(12-15)14-19(16(2)25-20)22(27)24-11-10-23-21(26)13-17-6-4-3-5-7-17/h3-9,12,14H,10-11,13H2,1-2H3,(H,23,26)(H,24,27). The molecule has 2 amide bonds. The summed E-state index contributed by atoms with van der Waals surface area (Å²) in [5, 5.41) is 6.61. The molecular formula is C22H23N3O2. The number of fused-ring (bicyclic) bond motifs is 1. The summed E-state index contributed by atoms with van der Waals surface area (Å²) in [6.07, 6.45) is 0.335. The van der Waals surface area contributed by atoms with Crippen LogP contribution in [0.5, 0.6) is 0 Å². The molecule has 0 fully saturated rings. The minimum atomic E-state index is -0.180. The Morgan fingerprint density at radius 1 is 0.926 bits per heavy atom. The number of carbonyl (C=O) groups is 2. The number of nitrogens with zero attached hydrogens (tertiary/aromatic N) is 1. The normalized spacial score (nSPS) is 10.6. The molecule has 1 heterocycles. The lowest BCUT2D eigenvalue weighted by atomic mass is 10.1. The van der Waals surface area contributed by atoms with Gasteiger partial charge in [-0.2, -0.15) is 0 Å². The van der Waals surface area contributed by atoms with Gasteiger partial charge in [0.2, 0.25) is 5.91 Å². The van der Waals surface area contributed by atoms with Crippen LogP contribution >= 0.6 is 0 Å². The smallest absolute Gasteiger partial charge is 0.253 e. The monoisotopic (exact) mass is 361 g/mol. The van der Waals surface area contributed by atoms with E-state index in [0.29, 0.717) is 30.8 Å². The summed E-state index contributed by atoms with van der Waals surface area (Å²) in [6, 6.07) is 17.4. The van der Waals surface area contributed by atoms with E-state index in [1.807, 2.05) is 68.4 Å². The summed E-state index contributed by atoms with van der Waals surface area (Å²) in [7, 11) is 0. The van der Waals surface area contributed by atoms with Gasteiger partial charge >= 0.3 is 0 Å². The van der Waals surface area contributed by atoms with Crippen LogP contribution in [0.25, 0.3) is 10.9 Å². The Hall–Kier alpha value is -3.21. The van der Waals surface area contributed by atoms with Gasteiger partial charge in [0.15, 0.2) is 0 Å². The zero-order valence-electron chi connectivity index (χ0n) is 15.6. The SMILES string of the molecule is Cc1ccc2nc(C)c(C(=O)NCCNC(=O)Cc3ccccc3)cc2c1. The molecule has 2 aromatic carbocycles. The lowest BCUT2D eigenvalue weighted by molar-refractivity contribution is -0.120. The molecule has 1 aromatic heterocycles. The van der Waals surface area contributed by atoms with Gasteiger partial charge in [0.05, 0.1) is 23.2 Å². The number of carbonyl (C=O) groups excluding carboxylic acids is 2. The first-order valence-corrected chi connectivity index (χ1v) is 9.00. The van der Waals surface area contributed by atoms with Gasteiger partial charge in [-0.1, -0.05) is 42.0 Å². The molecular weight excluding hydrogens is 338 g/mol. The number of nitrogens with one attached hydrogen (secondary N) is 2. The van der Waals surface area contributed by atoms with Crippen molar-refractivity contribution < 1.29 is 9.59 Å². The number of rotatable bonds is 6. The highest BCUT2D eigenvalue weighted by Crippen LogP contribution is 2.18. The summed E-state index contributed by atoms with van der Waals surface area (Å²) < 4.78 is 0. The average molecular weight is 361 g/mol. The van der Waals surface area contributed by atoms with Crippen LogP contribution < -0.4 is 10.6 Å². The molecule has 0 saturated heterocycles. The minimum Gasteiger partial charge on any atom is -0.354 e. The van der Waals surface area contributed by atoms with Crippen molar-refractivity contribution in [3.05, 3.63) is 77.0 Å². The number of aryl methyl sites for hydroxylation is 2. The molecule has 0 bridgehead atoms. The summed E-state index contributed by atoms with van der Waals surface area (Å²) >= 11 is 0. The van der Waals surface area contributed by atoms with Crippen LogP contribution in [-0.4, -0.2) is 29.9 Å². The van der Waals surface area contributed by atoms with Gasteiger partial charge in [0.25, 0.3) is 5.91 Å². The van der Waals surface area contributed by atoms with E-state index in [-0.39, 0.29) is 11.8 Å². The van der Waals surface area contributed by atoms with Gasteiger partial charge in [-0.3, -0.25) is 14.6 Å². The number of hydrogen-bond donors (Lipinski definition) is 2. The van der Waals surface area contributed by atoms with E-state index in [1.54, 1.807) is 0 Å². The molecule has 3 aromatic rings. The van der Waals surface area contributed by atoms with Crippen LogP contribution in [0.3, 0.4) is 0 Å². The summed E-state index contributed by atoms with van der Waals surface area (Å²) in [5.74, 6) is -0.241. The Kier molecular flexibility index (Phi) is 5.81. The molecule has 3 rings (SSSR count). The number of hydrogen-bond acceptors (Lipinski definition) is 3. The van der Waals surface area contributed by atoms with Gasteiger partial charge < -0.3 is 10.6 Å². The highest BCUT2D eigenvalue weighted by Gasteiger charge is 2.11. The Labute approximate surface area is 158 Å². The van der Waals surface area contributed by atoms with Gasteiger partial charge in [0, 0.05) is 18.5 Å². The first-order chi connectivity index (χ1) is 13.0. The molecule has 0 saturated carbocycles. The molecule has 0 radical (unpaired) electrons. The zero-order valence-corrected chi connectivity index (χ0v) is 15.6. The molecule has 0 spiro atoms. The topological polar surface area (TPSA) is 71.1 Å². The Bertz CT molecular complexity index is 968. The fourth-order valence-corrected chi connectivity index (χ4v) is 2.94. The van der Waals surface area contributed by atoms with E-state index in [9.17, 15) is 9.59 Å². The minimum absolute atomic E-state index is 0.0607. The summed E-state index contributed by atoms with van der Waals surface area (Å²) in [5.41, 5.74) is 4.22. The zero-order chi connectivity index (χ0) is 19.2. The predicted molar refractivity (Wildman–Crippen MR) is 107 cm³/mol. The van der Waals surface area contributed by atoms with Crippen molar-refractivity contribution in [3.8, 4) is 0 Å². The molecule has 2 N–H and O–H groups in total. The fraction of sp³-hybridized carbons (Fsp3) is 0.227. The van der Waals surface area contributed by atoms with E-state index >= 15 is 0 Å². The van der Waals surface area contributed by atoms with Crippen LogP contribution in [0, 0.1) is 13.8 Å². The van der Waals surface area contributed by atoms with Crippen molar-refractivity contribution in [1.29, 1.82) is 0 Å². The molecule has 5 heteroatoms. The van der Waals surface area contributed by atoms with E-state index in [4.69, 9.17) is 0 Å². The van der Waals surface area contributed by atoms with Crippen LogP contribution in [-0.2, 0) is 11.2 Å². The maximum atomic E-state index is 12.5. The Morgan fingerprint density at radius 3 is 2.44 bits per heavy atom. The van der Waals surface area contributed by atoms with E-state index in [1.165, 1.54) is 0 Å². The Morgan fingerprint density at radius 2 is 1.67 bits per heavy atom. The van der Waals surface area contributed by atoms with Crippen molar-refractivity contribution in [3.63, 3.8) is 0 Å². The second-order valence-electron chi connectivity index (χ2n) is 6.59. The number of amides is 2. The molecule has 0 unspecified atom stereocenters. The van der Waals surface area contributed by atoms with Crippen LogP contribution in [0.2, 0.25) is 0 Å². The molecule has 138 valence electrons. The van der Waals surface area contributed by atoms with Crippen LogP contribution in [0.15, 0.2) is 54.6 Å². The van der Waals surface area contributed by atoms with Crippen molar-refractivity contribution in [2.24, 2.45) is 0 Å². The molecule has 0 aliphatic heterocycles. The number of aromatic nitrogens is 1. The molecule has 5 nitrogen and oxygen atoms in total. The quantitative estimate of drug-likeness (QED) is 0.663. The number of pyridine rings is 1. The van der Waals surface area contributed by atoms with Crippen LogP contribution in [0.4, 0.5) is 0 Å². The molecule has 0 aliphatic rings. The highest BCUT2D eigenvalue weighted by atomic mass is 16.2. The van der Waals surface area contributed by atoms with E-state index in [2.05, 4.69) is 15.6 Å². The molecule has 0 aliphatic carbocycles. The third-order valence-corrected chi connectivity index (χ3v) is 4.35. The Balaban J connectivity index is 1.52. The summed E-state index contributed by atoms with van der Waals surface area (Å²) in [6.45, 7) is 4.59. The third kappa shape index (κ3) is 4.91. The fourth-order valence-electron chi connectivity index (χ4n) is 2.94. The van der Waals surface area contributed by atoms with Crippen LogP contribution in [0.1, 0.15) is 27.2 Å². The lowest BCUT2D eigenvalue weighted by Gasteiger charge is -2.10. The van der Waals surface area contributed by atoms with Gasteiger partial charge in [-0.05, 0) is 37.6 Å². The average Bonchev–Trinajstić information content (AvgIpc) is 2.65. The van der Waals surface area contributed by atoms with E-state index in [0.717, 1.165) is 22.0 Å². The van der Waals surface area contributed by atoms with Crippen molar-refractivity contribution in [2.75, 3.05) is 13.1 Å². The predicted octanol–water partition coefficient (Wildman–Crippen LogP) is 2.94. The summed E-state index contributed by atoms with van der Waals surface area (Å²) in [4.78, 5) is 28.9. The third-order valence-electron chi connectivity index (χ3n) is 4.35. The van der Waals surface area contributed by atoms with Gasteiger partial charge in [-0.25, -0.2) is 0 Å². The molecule has 0 atom stereocenters. The van der Waals surface area contributed by atoms with Gasteiger partial charge in [-0.15, -0.1) is 0 Å². The first-order valence-electron chi connectivity index (χ1n) is 9.00. The second kappa shape index (κ2) is 8.45. The second-order valence-corrected chi connectivity index (χ2v) is 6.59. The number of benzene rings is 2. The lowest BCUT2D eigenvalue weighted by Crippen LogP contribution is -2.35. The van der Waals surface area contributed by atoms with Crippen molar-refractivity contribution in [1.82, 2.24) is 15.6 Å². The van der Waals surface area contributed by atoms with E-state index < -0.39 is 0 Å². The maximum Gasteiger partial charge on any atom is 0.253 e. The molecule has 27 heavy (non-hydrogen) atoms. The maximum absolute atomic E-state index is 12.5. The van der Waals surface area contributed by atoms with Crippen molar-refractivity contribution >= 4 is 22.7 Å². The van der Waals surface area contributed by atoms with Gasteiger partial charge in [0.1, 0.15) is 0 Å². The largest absolute Gasteiger partial charge is 0.354 e. The first kappa shape index (κ1) is 18.6. The highest BCUT2D eigenvalue weighted by molar-refractivity contribution is 5.98. The van der Waals surface area contributed by atoms with Crippen molar-refractivity contribution in [2.45, 2.75) is 20.3 Å².